The lowest BCUT2D eigenvalue weighted by Crippen LogP contribution is -2.32. The highest BCUT2D eigenvalue weighted by Crippen LogP contribution is 2.06. The molecule has 2 N–H and O–H groups in total. The number of rotatable bonds is 0. The third kappa shape index (κ3) is 1.12. The molecule has 0 aromatic carbocycles. The summed E-state index contributed by atoms with van der Waals surface area (Å²) in [5.74, 6) is 0. The third-order valence-corrected chi connectivity index (χ3v) is 2.10. The van der Waals surface area contributed by atoms with Crippen LogP contribution >= 0.6 is 15.9 Å². The summed E-state index contributed by atoms with van der Waals surface area (Å²) in [6.45, 7) is 0. The first-order valence-electron chi connectivity index (χ1n) is 3.44. The maximum absolute atomic E-state index is 11.4. The molecule has 0 fully saturated rings. The molecule has 0 radical (unpaired) electrons. The minimum Gasteiger partial charge on any atom is -0.327 e. The SMILES string of the molecule is Cn1c(=O)[nH]c2nc(Br)[nH]c2c1=O. The van der Waals surface area contributed by atoms with Crippen molar-refractivity contribution in [2.75, 3.05) is 0 Å². The topological polar surface area (TPSA) is 83.5 Å². The first-order valence-corrected chi connectivity index (χ1v) is 4.23. The van der Waals surface area contributed by atoms with Gasteiger partial charge in [-0.05, 0) is 15.9 Å². The monoisotopic (exact) mass is 244 g/mol. The molecule has 2 aromatic heterocycles. The van der Waals surface area contributed by atoms with Crippen LogP contribution in [-0.4, -0.2) is 19.5 Å². The van der Waals surface area contributed by atoms with Crippen LogP contribution in [0.15, 0.2) is 14.3 Å². The van der Waals surface area contributed by atoms with Gasteiger partial charge in [0, 0.05) is 7.05 Å². The largest absolute Gasteiger partial charge is 0.329 e. The summed E-state index contributed by atoms with van der Waals surface area (Å²) >= 11 is 3.07. The molecule has 2 rings (SSSR count). The molecule has 2 aromatic rings. The molecule has 13 heavy (non-hydrogen) atoms. The van der Waals surface area contributed by atoms with Crippen molar-refractivity contribution in [1.82, 2.24) is 19.5 Å². The Kier molecular flexibility index (Phi) is 1.62. The summed E-state index contributed by atoms with van der Waals surface area (Å²) in [5.41, 5.74) is -0.317. The van der Waals surface area contributed by atoms with Crippen LogP contribution < -0.4 is 11.2 Å². The highest BCUT2D eigenvalue weighted by molar-refractivity contribution is 9.10. The molecule has 0 saturated carbocycles. The van der Waals surface area contributed by atoms with Gasteiger partial charge in [0.1, 0.15) is 0 Å². The second-order valence-electron chi connectivity index (χ2n) is 2.55. The molecule has 0 spiro atoms. The Bertz CT molecular complexity index is 578. The van der Waals surface area contributed by atoms with Gasteiger partial charge in [-0.25, -0.2) is 9.78 Å². The molecule has 7 heteroatoms. The van der Waals surface area contributed by atoms with Crippen molar-refractivity contribution in [2.45, 2.75) is 0 Å². The first kappa shape index (κ1) is 8.24. The Morgan fingerprint density at radius 2 is 2.08 bits per heavy atom. The van der Waals surface area contributed by atoms with Crippen molar-refractivity contribution in [3.63, 3.8) is 0 Å². The summed E-state index contributed by atoms with van der Waals surface area (Å²) in [4.78, 5) is 31.5. The molecule has 6 nitrogen and oxygen atoms in total. The Balaban J connectivity index is 3.10. The molecule has 0 unspecified atom stereocenters. The second-order valence-corrected chi connectivity index (χ2v) is 3.30. The number of hydrogen-bond acceptors (Lipinski definition) is 3. The van der Waals surface area contributed by atoms with E-state index in [2.05, 4.69) is 30.9 Å². The predicted molar refractivity (Wildman–Crippen MR) is 49.7 cm³/mol. The molecule has 0 aliphatic carbocycles. The lowest BCUT2D eigenvalue weighted by molar-refractivity contribution is 0.790. The van der Waals surface area contributed by atoms with Gasteiger partial charge in [0.05, 0.1) is 0 Å². The van der Waals surface area contributed by atoms with Crippen LogP contribution in [0.1, 0.15) is 0 Å². The number of aromatic nitrogens is 4. The smallest absolute Gasteiger partial charge is 0.327 e. The Hall–Kier alpha value is -1.37. The molecule has 2 heterocycles. The molecule has 0 bridgehead atoms. The number of fused-ring (bicyclic) bond motifs is 1. The van der Waals surface area contributed by atoms with Crippen LogP contribution in [0, 0.1) is 0 Å². The van der Waals surface area contributed by atoms with Gasteiger partial charge in [0.15, 0.2) is 15.9 Å². The van der Waals surface area contributed by atoms with E-state index in [0.717, 1.165) is 4.57 Å². The molecule has 0 aliphatic heterocycles. The molecule has 0 atom stereocenters. The minimum absolute atomic E-state index is 0.264. The van der Waals surface area contributed by atoms with Crippen LogP contribution in [-0.2, 0) is 7.05 Å². The normalized spacial score (nSPS) is 10.9. The summed E-state index contributed by atoms with van der Waals surface area (Å²) in [5, 5.41) is 0. The van der Waals surface area contributed by atoms with E-state index in [1.807, 2.05) is 0 Å². The molecular formula is C6H5BrN4O2. The zero-order chi connectivity index (χ0) is 9.59. The van der Waals surface area contributed by atoms with Gasteiger partial charge in [0.2, 0.25) is 0 Å². The average Bonchev–Trinajstić information content (AvgIpc) is 2.42. The molecule has 0 saturated heterocycles. The van der Waals surface area contributed by atoms with Crippen molar-refractivity contribution in [1.29, 1.82) is 0 Å². The van der Waals surface area contributed by atoms with E-state index in [4.69, 9.17) is 0 Å². The number of hydrogen-bond donors (Lipinski definition) is 2. The van der Waals surface area contributed by atoms with Crippen LogP contribution in [0.2, 0.25) is 0 Å². The fourth-order valence-electron chi connectivity index (χ4n) is 1.03. The van der Waals surface area contributed by atoms with Gasteiger partial charge in [0.25, 0.3) is 5.56 Å². The Morgan fingerprint density at radius 1 is 1.38 bits per heavy atom. The van der Waals surface area contributed by atoms with E-state index in [-0.39, 0.29) is 11.2 Å². The number of nitrogens with zero attached hydrogens (tertiary/aromatic N) is 2. The van der Waals surface area contributed by atoms with Crippen molar-refractivity contribution in [3.05, 3.63) is 25.6 Å². The number of nitrogens with one attached hydrogen (secondary N) is 2. The van der Waals surface area contributed by atoms with Crippen molar-refractivity contribution in [2.24, 2.45) is 7.05 Å². The van der Waals surface area contributed by atoms with Crippen molar-refractivity contribution >= 4 is 27.1 Å². The van der Waals surface area contributed by atoms with Gasteiger partial charge >= 0.3 is 5.69 Å². The summed E-state index contributed by atoms with van der Waals surface area (Å²) in [7, 11) is 1.40. The Labute approximate surface area is 79.7 Å². The number of H-pyrrole nitrogens is 2. The number of halogens is 1. The molecule has 68 valence electrons. The van der Waals surface area contributed by atoms with Crippen LogP contribution in [0.3, 0.4) is 0 Å². The standard InChI is InChI=1S/C6H5BrN4O2/c1-11-4(12)2-3(10-6(11)13)9-5(7)8-2/h1H3,(H,8,9)(H,10,13). The van der Waals surface area contributed by atoms with Crippen LogP contribution in [0.4, 0.5) is 0 Å². The van der Waals surface area contributed by atoms with E-state index in [1.54, 1.807) is 0 Å². The van der Waals surface area contributed by atoms with Crippen LogP contribution in [0.5, 0.6) is 0 Å². The quantitative estimate of drug-likeness (QED) is 0.625. The van der Waals surface area contributed by atoms with Crippen LogP contribution in [0.25, 0.3) is 11.2 Å². The fourth-order valence-corrected chi connectivity index (χ4v) is 1.41. The van der Waals surface area contributed by atoms with E-state index >= 15 is 0 Å². The summed E-state index contributed by atoms with van der Waals surface area (Å²) < 4.78 is 1.40. The highest BCUT2D eigenvalue weighted by atomic mass is 79.9. The van der Waals surface area contributed by atoms with Gasteiger partial charge in [-0.3, -0.25) is 14.3 Å². The van der Waals surface area contributed by atoms with E-state index < -0.39 is 11.2 Å². The molecular weight excluding hydrogens is 240 g/mol. The number of aromatic amines is 2. The lowest BCUT2D eigenvalue weighted by atomic mass is 10.5. The van der Waals surface area contributed by atoms with E-state index in [1.165, 1.54) is 7.05 Å². The van der Waals surface area contributed by atoms with Crippen molar-refractivity contribution < 1.29 is 0 Å². The second kappa shape index (κ2) is 2.56. The van der Waals surface area contributed by atoms with Gasteiger partial charge < -0.3 is 4.98 Å². The predicted octanol–water partition coefficient (Wildman–Crippen LogP) is -0.288. The maximum Gasteiger partial charge on any atom is 0.329 e. The van der Waals surface area contributed by atoms with E-state index in [0.29, 0.717) is 4.73 Å². The fraction of sp³-hybridized carbons (Fsp3) is 0.167. The summed E-state index contributed by atoms with van der Waals surface area (Å²) in [6.07, 6.45) is 0. The lowest BCUT2D eigenvalue weighted by Gasteiger charge is -1.92. The zero-order valence-corrected chi connectivity index (χ0v) is 8.17. The third-order valence-electron chi connectivity index (χ3n) is 1.72. The van der Waals surface area contributed by atoms with Gasteiger partial charge in [-0.2, -0.15) is 0 Å². The average molecular weight is 245 g/mol. The van der Waals surface area contributed by atoms with E-state index in [9.17, 15) is 9.59 Å². The summed E-state index contributed by atoms with van der Waals surface area (Å²) in [6, 6.07) is 0. The number of imidazole rings is 1. The zero-order valence-electron chi connectivity index (χ0n) is 6.59. The van der Waals surface area contributed by atoms with Gasteiger partial charge in [-0.1, -0.05) is 0 Å². The minimum atomic E-state index is -0.475. The van der Waals surface area contributed by atoms with Crippen molar-refractivity contribution in [3.8, 4) is 0 Å². The molecule has 0 amide bonds. The first-order chi connectivity index (χ1) is 6.09. The molecule has 0 aliphatic rings. The maximum atomic E-state index is 11.4. The highest BCUT2D eigenvalue weighted by Gasteiger charge is 2.07. The van der Waals surface area contributed by atoms with Gasteiger partial charge in [-0.15, -0.1) is 0 Å². The Morgan fingerprint density at radius 3 is 2.77 bits per heavy atom.